The number of furan rings is 1. The number of nitrogens with zero attached hydrogens (tertiary/aromatic N) is 1. The van der Waals surface area contributed by atoms with Crippen LogP contribution in [0.25, 0.3) is 53.2 Å². The van der Waals surface area contributed by atoms with Crippen molar-refractivity contribution in [3.63, 3.8) is 0 Å². The van der Waals surface area contributed by atoms with E-state index in [-0.39, 0.29) is 0 Å². The van der Waals surface area contributed by atoms with E-state index in [9.17, 15) is 0 Å². The Balaban J connectivity index is 1.26. The van der Waals surface area contributed by atoms with Gasteiger partial charge in [-0.2, -0.15) is 0 Å². The summed E-state index contributed by atoms with van der Waals surface area (Å²) in [7, 11) is 0. The average Bonchev–Trinajstić information content (AvgIpc) is 3.57. The maximum Gasteiger partial charge on any atom is 0.159 e. The molecule has 8 rings (SSSR count). The van der Waals surface area contributed by atoms with Crippen molar-refractivity contribution in [1.82, 2.24) is 0 Å². The van der Waals surface area contributed by atoms with Gasteiger partial charge in [-0.05, 0) is 65.7 Å². The van der Waals surface area contributed by atoms with E-state index in [2.05, 4.69) is 132 Å². The number of thiophene rings is 1. The molecule has 0 aliphatic heterocycles. The van der Waals surface area contributed by atoms with Crippen molar-refractivity contribution >= 4 is 70.5 Å². The minimum atomic E-state index is 0.890. The third-order valence-electron chi connectivity index (χ3n) is 7.47. The van der Waals surface area contributed by atoms with Gasteiger partial charge in [-0.1, -0.05) is 84.9 Å². The molecule has 2 aromatic heterocycles. The number of benzene rings is 6. The quantitative estimate of drug-likeness (QED) is 0.231. The lowest BCUT2D eigenvalue weighted by Gasteiger charge is -2.25. The summed E-state index contributed by atoms with van der Waals surface area (Å²) >= 11 is 1.85. The molecule has 184 valence electrons. The normalized spacial score (nSPS) is 11.6. The molecular formula is C36H23NOS. The summed E-state index contributed by atoms with van der Waals surface area (Å²) in [6.07, 6.45) is 0. The van der Waals surface area contributed by atoms with E-state index >= 15 is 0 Å². The fourth-order valence-electron chi connectivity index (χ4n) is 5.62. The van der Waals surface area contributed by atoms with Gasteiger partial charge in [0.25, 0.3) is 0 Å². The molecule has 39 heavy (non-hydrogen) atoms. The van der Waals surface area contributed by atoms with Crippen LogP contribution in [0.2, 0.25) is 0 Å². The molecule has 3 heteroatoms. The molecule has 0 aliphatic carbocycles. The highest BCUT2D eigenvalue weighted by atomic mass is 32.1. The highest BCUT2D eigenvalue weighted by Gasteiger charge is 2.19. The molecule has 0 radical (unpaired) electrons. The molecule has 2 heterocycles. The lowest BCUT2D eigenvalue weighted by Crippen LogP contribution is -2.10. The molecule has 6 aromatic carbocycles. The molecule has 0 bridgehead atoms. The van der Waals surface area contributed by atoms with Gasteiger partial charge in [-0.15, -0.1) is 11.3 Å². The molecule has 8 aromatic rings. The Morgan fingerprint density at radius 1 is 0.462 bits per heavy atom. The van der Waals surface area contributed by atoms with Gasteiger partial charge in [0.1, 0.15) is 5.58 Å². The van der Waals surface area contributed by atoms with Gasteiger partial charge in [0.2, 0.25) is 0 Å². The van der Waals surface area contributed by atoms with Crippen LogP contribution < -0.4 is 4.90 Å². The van der Waals surface area contributed by atoms with Crippen LogP contribution in [0.3, 0.4) is 0 Å². The van der Waals surface area contributed by atoms with Crippen LogP contribution in [0, 0.1) is 0 Å². The van der Waals surface area contributed by atoms with Gasteiger partial charge >= 0.3 is 0 Å². The van der Waals surface area contributed by atoms with Gasteiger partial charge in [0.05, 0.1) is 5.69 Å². The van der Waals surface area contributed by atoms with Crippen LogP contribution in [-0.2, 0) is 0 Å². The van der Waals surface area contributed by atoms with E-state index in [4.69, 9.17) is 4.42 Å². The van der Waals surface area contributed by atoms with Crippen molar-refractivity contribution in [2.45, 2.75) is 0 Å². The number of hydrogen-bond acceptors (Lipinski definition) is 3. The number of hydrogen-bond donors (Lipinski definition) is 0. The summed E-state index contributed by atoms with van der Waals surface area (Å²) in [5, 5.41) is 4.90. The zero-order chi connectivity index (χ0) is 25.8. The van der Waals surface area contributed by atoms with E-state index in [0.29, 0.717) is 0 Å². The third-order valence-corrected chi connectivity index (χ3v) is 8.63. The first kappa shape index (κ1) is 22.2. The predicted octanol–water partition coefficient (Wildman–Crippen LogP) is 11.1. The molecular weight excluding hydrogens is 494 g/mol. The summed E-state index contributed by atoms with van der Waals surface area (Å²) in [5.74, 6) is 0. The van der Waals surface area contributed by atoms with E-state index < -0.39 is 0 Å². The Hall–Kier alpha value is -4.86. The Kier molecular flexibility index (Phi) is 5.04. The first-order valence-corrected chi connectivity index (χ1v) is 13.9. The van der Waals surface area contributed by atoms with E-state index in [1.165, 1.54) is 31.3 Å². The van der Waals surface area contributed by atoms with Gasteiger partial charge < -0.3 is 9.32 Å². The SMILES string of the molecule is c1ccc(N(c2ccc(-c3ccc4sc5ccccc5c4c3)cc2)c2cccc3c2oc2ccccc23)cc1. The van der Waals surface area contributed by atoms with Crippen molar-refractivity contribution in [2.24, 2.45) is 0 Å². The highest BCUT2D eigenvalue weighted by molar-refractivity contribution is 7.25. The Morgan fingerprint density at radius 2 is 1.13 bits per heavy atom. The van der Waals surface area contributed by atoms with Gasteiger partial charge in [0.15, 0.2) is 5.58 Å². The summed E-state index contributed by atoms with van der Waals surface area (Å²) < 4.78 is 9.08. The molecule has 0 saturated carbocycles. The predicted molar refractivity (Wildman–Crippen MR) is 167 cm³/mol. The Morgan fingerprint density at radius 3 is 2.00 bits per heavy atom. The van der Waals surface area contributed by atoms with E-state index in [0.717, 1.165) is 39.0 Å². The number of fused-ring (bicyclic) bond motifs is 6. The molecule has 2 nitrogen and oxygen atoms in total. The van der Waals surface area contributed by atoms with Crippen LogP contribution in [0.1, 0.15) is 0 Å². The minimum Gasteiger partial charge on any atom is -0.454 e. The van der Waals surface area contributed by atoms with Gasteiger partial charge in [-0.3, -0.25) is 0 Å². The van der Waals surface area contributed by atoms with Crippen molar-refractivity contribution in [3.8, 4) is 11.1 Å². The second-order valence-electron chi connectivity index (χ2n) is 9.78. The lowest BCUT2D eigenvalue weighted by atomic mass is 10.0. The maximum atomic E-state index is 6.43. The van der Waals surface area contributed by atoms with Gasteiger partial charge in [-0.25, -0.2) is 0 Å². The Labute approximate surface area is 230 Å². The Bertz CT molecular complexity index is 2120. The van der Waals surface area contributed by atoms with Crippen LogP contribution in [0.4, 0.5) is 17.1 Å². The third kappa shape index (κ3) is 3.63. The maximum absolute atomic E-state index is 6.43. The molecule has 0 aliphatic rings. The monoisotopic (exact) mass is 517 g/mol. The fraction of sp³-hybridized carbons (Fsp3) is 0. The zero-order valence-corrected chi connectivity index (χ0v) is 21.9. The van der Waals surface area contributed by atoms with Crippen molar-refractivity contribution < 1.29 is 4.42 Å². The topological polar surface area (TPSA) is 16.4 Å². The van der Waals surface area contributed by atoms with E-state index in [1.54, 1.807) is 0 Å². The standard InChI is InChI=1S/C36H23NOS/c1-2-9-26(10-3-1)37(32-14-8-13-30-28-11-4-6-15-33(28)38-36(30)32)27-20-17-24(18-21-27)25-19-22-35-31(23-25)29-12-5-7-16-34(29)39-35/h1-23H. The molecule has 0 fully saturated rings. The summed E-state index contributed by atoms with van der Waals surface area (Å²) in [4.78, 5) is 2.28. The minimum absolute atomic E-state index is 0.890. The second kappa shape index (κ2) is 8.87. The average molecular weight is 518 g/mol. The van der Waals surface area contributed by atoms with Crippen molar-refractivity contribution in [1.29, 1.82) is 0 Å². The van der Waals surface area contributed by atoms with Crippen molar-refractivity contribution in [3.05, 3.63) is 140 Å². The van der Waals surface area contributed by atoms with Crippen LogP contribution >= 0.6 is 11.3 Å². The lowest BCUT2D eigenvalue weighted by molar-refractivity contribution is 0.669. The summed E-state index contributed by atoms with van der Waals surface area (Å²) in [6.45, 7) is 0. The molecule has 0 amide bonds. The fourth-order valence-corrected chi connectivity index (χ4v) is 6.71. The molecule has 0 atom stereocenters. The summed E-state index contributed by atoms with van der Waals surface area (Å²) in [6, 6.07) is 49.5. The molecule has 0 N–H and O–H groups in total. The van der Waals surface area contributed by atoms with Crippen LogP contribution in [0.5, 0.6) is 0 Å². The zero-order valence-electron chi connectivity index (χ0n) is 21.0. The largest absolute Gasteiger partial charge is 0.454 e. The van der Waals surface area contributed by atoms with Crippen molar-refractivity contribution in [2.75, 3.05) is 4.90 Å². The first-order valence-electron chi connectivity index (χ1n) is 13.1. The molecule has 0 spiro atoms. The highest BCUT2D eigenvalue weighted by Crippen LogP contribution is 2.42. The molecule has 0 unspecified atom stereocenters. The number of rotatable bonds is 4. The van der Waals surface area contributed by atoms with E-state index in [1.807, 2.05) is 23.5 Å². The summed E-state index contributed by atoms with van der Waals surface area (Å²) in [5.41, 5.74) is 7.41. The smallest absolute Gasteiger partial charge is 0.159 e. The van der Waals surface area contributed by atoms with Crippen LogP contribution in [-0.4, -0.2) is 0 Å². The second-order valence-corrected chi connectivity index (χ2v) is 10.9. The molecule has 0 saturated heterocycles. The number of para-hydroxylation sites is 3. The first-order chi connectivity index (χ1) is 19.3. The van der Waals surface area contributed by atoms with Gasteiger partial charge in [0, 0.05) is 42.3 Å². The number of anilines is 3. The van der Waals surface area contributed by atoms with Crippen LogP contribution in [0.15, 0.2) is 144 Å².